The number of rotatable bonds is 3. The lowest BCUT2D eigenvalue weighted by Crippen LogP contribution is -2.53. The van der Waals surface area contributed by atoms with Crippen LogP contribution in [0.3, 0.4) is 0 Å². The van der Waals surface area contributed by atoms with Crippen molar-refractivity contribution < 1.29 is 9.47 Å². The molecule has 1 aromatic carbocycles. The number of hydrogen-bond acceptors (Lipinski definition) is 4. The first-order valence-electron chi connectivity index (χ1n) is 6.73. The molecule has 0 amide bonds. The summed E-state index contributed by atoms with van der Waals surface area (Å²) in [5.74, 6) is 1.53. The molecular formula is C15H24N2O2. The van der Waals surface area contributed by atoms with Crippen molar-refractivity contribution >= 4 is 5.69 Å². The second-order valence-corrected chi connectivity index (χ2v) is 5.76. The average Bonchev–Trinajstić information content (AvgIpc) is 2.37. The Labute approximate surface area is 115 Å². The predicted molar refractivity (Wildman–Crippen MR) is 78.2 cm³/mol. The van der Waals surface area contributed by atoms with Crippen LogP contribution in [0.1, 0.15) is 26.7 Å². The lowest BCUT2D eigenvalue weighted by atomic mass is 9.87. The van der Waals surface area contributed by atoms with Crippen LogP contribution < -0.4 is 20.1 Å². The zero-order chi connectivity index (χ0) is 14.0. The highest BCUT2D eigenvalue weighted by Gasteiger charge is 2.33. The van der Waals surface area contributed by atoms with Gasteiger partial charge in [-0.2, -0.15) is 0 Å². The van der Waals surface area contributed by atoms with Gasteiger partial charge in [-0.25, -0.2) is 0 Å². The summed E-state index contributed by atoms with van der Waals surface area (Å²) in [6.45, 7) is 5.45. The number of benzene rings is 1. The number of nitrogens with zero attached hydrogens (tertiary/aromatic N) is 1. The molecule has 1 aliphatic heterocycles. The van der Waals surface area contributed by atoms with Crippen LogP contribution in [-0.4, -0.2) is 32.3 Å². The van der Waals surface area contributed by atoms with Crippen molar-refractivity contribution in [1.29, 1.82) is 0 Å². The minimum absolute atomic E-state index is 0.0667. The Balaban J connectivity index is 2.31. The Bertz CT molecular complexity index is 446. The molecule has 0 aliphatic carbocycles. The third kappa shape index (κ3) is 2.78. The van der Waals surface area contributed by atoms with Gasteiger partial charge in [-0.1, -0.05) is 0 Å². The van der Waals surface area contributed by atoms with Gasteiger partial charge in [0.15, 0.2) is 11.5 Å². The Morgan fingerprint density at radius 2 is 1.89 bits per heavy atom. The molecule has 1 aromatic rings. The fourth-order valence-electron chi connectivity index (χ4n) is 2.92. The van der Waals surface area contributed by atoms with E-state index in [4.69, 9.17) is 15.2 Å². The largest absolute Gasteiger partial charge is 0.493 e. The normalized spacial score (nSPS) is 22.2. The van der Waals surface area contributed by atoms with Crippen molar-refractivity contribution in [3.63, 3.8) is 0 Å². The highest BCUT2D eigenvalue weighted by atomic mass is 16.5. The molecular weight excluding hydrogens is 240 g/mol. The topological polar surface area (TPSA) is 47.7 Å². The van der Waals surface area contributed by atoms with Gasteiger partial charge in [-0.05, 0) is 38.8 Å². The summed E-state index contributed by atoms with van der Waals surface area (Å²) < 4.78 is 10.7. The molecule has 1 atom stereocenters. The Hall–Kier alpha value is -1.42. The highest BCUT2D eigenvalue weighted by Crippen LogP contribution is 2.37. The number of anilines is 1. The van der Waals surface area contributed by atoms with Crippen molar-refractivity contribution in [2.24, 2.45) is 5.73 Å². The Morgan fingerprint density at radius 3 is 2.47 bits per heavy atom. The minimum atomic E-state index is 0.0667. The minimum Gasteiger partial charge on any atom is -0.493 e. The quantitative estimate of drug-likeness (QED) is 0.910. The van der Waals surface area contributed by atoms with Crippen LogP contribution in [0.25, 0.3) is 0 Å². The molecule has 2 rings (SSSR count). The summed E-state index contributed by atoms with van der Waals surface area (Å²) >= 11 is 0. The van der Waals surface area contributed by atoms with Crippen LogP contribution in [0, 0.1) is 0 Å². The summed E-state index contributed by atoms with van der Waals surface area (Å²) in [6, 6.07) is 6.38. The SMILES string of the molecule is COc1ccc(N2CCC(N)CC2(C)C)cc1OC. The van der Waals surface area contributed by atoms with Crippen molar-refractivity contribution in [2.75, 3.05) is 25.7 Å². The fraction of sp³-hybridized carbons (Fsp3) is 0.600. The number of nitrogens with two attached hydrogens (primary N) is 1. The number of hydrogen-bond donors (Lipinski definition) is 1. The standard InChI is InChI=1S/C15H24N2O2/c1-15(2)10-11(16)7-8-17(15)12-5-6-13(18-3)14(9-12)19-4/h5-6,9,11H,7-8,10,16H2,1-4H3. The first-order valence-corrected chi connectivity index (χ1v) is 6.73. The van der Waals surface area contributed by atoms with Gasteiger partial charge in [0.2, 0.25) is 0 Å². The van der Waals surface area contributed by atoms with E-state index < -0.39 is 0 Å². The maximum Gasteiger partial charge on any atom is 0.162 e. The zero-order valence-electron chi connectivity index (χ0n) is 12.3. The predicted octanol–water partition coefficient (Wildman–Crippen LogP) is 2.41. The summed E-state index contributed by atoms with van der Waals surface area (Å²) in [6.07, 6.45) is 2.03. The van der Waals surface area contributed by atoms with Crippen molar-refractivity contribution in [3.05, 3.63) is 18.2 Å². The van der Waals surface area contributed by atoms with E-state index in [-0.39, 0.29) is 5.54 Å². The van der Waals surface area contributed by atoms with Gasteiger partial charge in [-0.3, -0.25) is 0 Å². The van der Waals surface area contributed by atoms with E-state index in [1.807, 2.05) is 12.1 Å². The molecule has 2 N–H and O–H groups in total. The second kappa shape index (κ2) is 5.29. The number of ether oxygens (including phenoxy) is 2. The van der Waals surface area contributed by atoms with E-state index >= 15 is 0 Å². The van der Waals surface area contributed by atoms with Gasteiger partial charge in [0, 0.05) is 29.9 Å². The number of piperidine rings is 1. The molecule has 0 aromatic heterocycles. The molecule has 4 nitrogen and oxygen atoms in total. The van der Waals surface area contributed by atoms with Crippen molar-refractivity contribution in [3.8, 4) is 11.5 Å². The van der Waals surface area contributed by atoms with Gasteiger partial charge in [-0.15, -0.1) is 0 Å². The van der Waals surface area contributed by atoms with E-state index in [2.05, 4.69) is 24.8 Å². The molecule has 0 spiro atoms. The summed E-state index contributed by atoms with van der Waals surface area (Å²) in [7, 11) is 3.32. The van der Waals surface area contributed by atoms with Gasteiger partial charge in [0.05, 0.1) is 14.2 Å². The fourth-order valence-corrected chi connectivity index (χ4v) is 2.92. The van der Waals surface area contributed by atoms with Crippen LogP contribution in [0.2, 0.25) is 0 Å². The molecule has 0 bridgehead atoms. The van der Waals surface area contributed by atoms with E-state index in [1.54, 1.807) is 14.2 Å². The maximum atomic E-state index is 6.08. The van der Waals surface area contributed by atoms with Gasteiger partial charge >= 0.3 is 0 Å². The van der Waals surface area contributed by atoms with Gasteiger partial charge in [0.25, 0.3) is 0 Å². The lowest BCUT2D eigenvalue weighted by molar-refractivity contribution is 0.326. The molecule has 1 aliphatic rings. The molecule has 4 heteroatoms. The van der Waals surface area contributed by atoms with E-state index in [0.717, 1.165) is 36.6 Å². The third-order valence-electron chi connectivity index (χ3n) is 3.89. The molecule has 1 fully saturated rings. The molecule has 1 unspecified atom stereocenters. The first-order chi connectivity index (χ1) is 8.97. The monoisotopic (exact) mass is 264 g/mol. The molecule has 19 heavy (non-hydrogen) atoms. The first kappa shape index (κ1) is 14.0. The summed E-state index contributed by atoms with van der Waals surface area (Å²) in [5.41, 5.74) is 7.31. The van der Waals surface area contributed by atoms with Crippen molar-refractivity contribution in [1.82, 2.24) is 0 Å². The van der Waals surface area contributed by atoms with E-state index in [1.165, 1.54) is 0 Å². The third-order valence-corrected chi connectivity index (χ3v) is 3.89. The zero-order valence-corrected chi connectivity index (χ0v) is 12.3. The van der Waals surface area contributed by atoms with Crippen LogP contribution in [0.15, 0.2) is 18.2 Å². The Kier molecular flexibility index (Phi) is 3.90. The van der Waals surface area contributed by atoms with Gasteiger partial charge in [0.1, 0.15) is 0 Å². The molecule has 106 valence electrons. The maximum absolute atomic E-state index is 6.08. The molecule has 0 radical (unpaired) electrons. The molecule has 1 saturated heterocycles. The smallest absolute Gasteiger partial charge is 0.162 e. The van der Waals surface area contributed by atoms with Crippen LogP contribution >= 0.6 is 0 Å². The average molecular weight is 264 g/mol. The van der Waals surface area contributed by atoms with E-state index in [9.17, 15) is 0 Å². The van der Waals surface area contributed by atoms with Crippen LogP contribution in [0.5, 0.6) is 11.5 Å². The molecule has 1 heterocycles. The van der Waals surface area contributed by atoms with Crippen LogP contribution in [0.4, 0.5) is 5.69 Å². The summed E-state index contributed by atoms with van der Waals surface area (Å²) in [5, 5.41) is 0. The Morgan fingerprint density at radius 1 is 1.21 bits per heavy atom. The second-order valence-electron chi connectivity index (χ2n) is 5.76. The van der Waals surface area contributed by atoms with Gasteiger partial charge < -0.3 is 20.1 Å². The van der Waals surface area contributed by atoms with E-state index in [0.29, 0.717) is 6.04 Å². The lowest BCUT2D eigenvalue weighted by Gasteiger charge is -2.46. The summed E-state index contributed by atoms with van der Waals surface area (Å²) in [4.78, 5) is 2.40. The van der Waals surface area contributed by atoms with Crippen molar-refractivity contribution in [2.45, 2.75) is 38.3 Å². The highest BCUT2D eigenvalue weighted by molar-refractivity contribution is 5.58. The molecule has 0 saturated carbocycles. The number of methoxy groups -OCH3 is 2. The van der Waals surface area contributed by atoms with Crippen LogP contribution in [-0.2, 0) is 0 Å².